The Balaban J connectivity index is 1.82. The standard InChI is InChI=1S/C17H27NO2/c1-2-3-11-20-17-6-4-5-16(12-17)13-18-9-7-15(14-19)8-10-18/h4-6,12,15,19H,2-3,7-11,13-14H2,1H3. The summed E-state index contributed by atoms with van der Waals surface area (Å²) < 4.78 is 5.76. The van der Waals surface area contributed by atoms with E-state index in [0.29, 0.717) is 12.5 Å². The van der Waals surface area contributed by atoms with E-state index in [4.69, 9.17) is 4.74 Å². The van der Waals surface area contributed by atoms with Gasteiger partial charge in [0, 0.05) is 13.2 Å². The molecule has 1 heterocycles. The number of hydrogen-bond donors (Lipinski definition) is 1. The number of ether oxygens (including phenoxy) is 1. The summed E-state index contributed by atoms with van der Waals surface area (Å²) in [7, 11) is 0. The van der Waals surface area contributed by atoms with Crippen molar-refractivity contribution in [2.24, 2.45) is 5.92 Å². The molecule has 0 radical (unpaired) electrons. The van der Waals surface area contributed by atoms with E-state index >= 15 is 0 Å². The number of unbranched alkanes of at least 4 members (excludes halogenated alkanes) is 1. The van der Waals surface area contributed by atoms with Gasteiger partial charge in [-0.25, -0.2) is 0 Å². The van der Waals surface area contributed by atoms with Crippen LogP contribution in [-0.4, -0.2) is 36.3 Å². The molecule has 1 fully saturated rings. The molecule has 1 aromatic carbocycles. The highest BCUT2D eigenvalue weighted by molar-refractivity contribution is 5.28. The van der Waals surface area contributed by atoms with Gasteiger partial charge >= 0.3 is 0 Å². The van der Waals surface area contributed by atoms with E-state index in [1.165, 1.54) is 12.0 Å². The molecule has 0 spiro atoms. The second-order valence-electron chi connectivity index (χ2n) is 5.75. The van der Waals surface area contributed by atoms with Crippen molar-refractivity contribution in [1.29, 1.82) is 0 Å². The first kappa shape index (κ1) is 15.3. The SMILES string of the molecule is CCCCOc1cccc(CN2CCC(CO)CC2)c1. The average molecular weight is 277 g/mol. The molecule has 0 aliphatic carbocycles. The van der Waals surface area contributed by atoms with Crippen molar-refractivity contribution < 1.29 is 9.84 Å². The predicted octanol–water partition coefficient (Wildman–Crippen LogP) is 3.07. The molecule has 0 saturated carbocycles. The molecule has 1 saturated heterocycles. The van der Waals surface area contributed by atoms with E-state index in [1.54, 1.807) is 0 Å². The van der Waals surface area contributed by atoms with Crippen LogP contribution >= 0.6 is 0 Å². The molecular weight excluding hydrogens is 250 g/mol. The Morgan fingerprint density at radius 1 is 1.30 bits per heavy atom. The molecule has 0 unspecified atom stereocenters. The number of aliphatic hydroxyl groups is 1. The van der Waals surface area contributed by atoms with E-state index in [-0.39, 0.29) is 0 Å². The van der Waals surface area contributed by atoms with Crippen LogP contribution in [0.4, 0.5) is 0 Å². The van der Waals surface area contributed by atoms with Crippen LogP contribution in [0.1, 0.15) is 38.2 Å². The summed E-state index contributed by atoms with van der Waals surface area (Å²) in [5.74, 6) is 1.50. The summed E-state index contributed by atoms with van der Waals surface area (Å²) in [6, 6.07) is 8.45. The van der Waals surface area contributed by atoms with Crippen molar-refractivity contribution in [2.75, 3.05) is 26.3 Å². The number of piperidine rings is 1. The number of nitrogens with zero attached hydrogens (tertiary/aromatic N) is 1. The maximum absolute atomic E-state index is 9.17. The molecule has 20 heavy (non-hydrogen) atoms. The van der Waals surface area contributed by atoms with Gasteiger partial charge in [-0.2, -0.15) is 0 Å². The van der Waals surface area contributed by atoms with Gasteiger partial charge < -0.3 is 9.84 Å². The maximum atomic E-state index is 9.17. The topological polar surface area (TPSA) is 32.7 Å². The first-order valence-corrected chi connectivity index (χ1v) is 7.86. The van der Waals surface area contributed by atoms with Crippen LogP contribution in [0.25, 0.3) is 0 Å². The number of aliphatic hydroxyl groups excluding tert-OH is 1. The van der Waals surface area contributed by atoms with Crippen molar-refractivity contribution in [3.63, 3.8) is 0 Å². The molecule has 1 aliphatic heterocycles. The zero-order valence-corrected chi connectivity index (χ0v) is 12.6. The first-order chi connectivity index (χ1) is 9.81. The smallest absolute Gasteiger partial charge is 0.119 e. The van der Waals surface area contributed by atoms with Gasteiger partial charge in [0.15, 0.2) is 0 Å². The van der Waals surface area contributed by atoms with E-state index in [0.717, 1.165) is 51.3 Å². The normalized spacial score (nSPS) is 17.3. The van der Waals surface area contributed by atoms with Crippen LogP contribution in [0, 0.1) is 5.92 Å². The molecule has 2 rings (SSSR count). The summed E-state index contributed by atoms with van der Waals surface area (Å²) >= 11 is 0. The minimum Gasteiger partial charge on any atom is -0.494 e. The third-order valence-corrected chi connectivity index (χ3v) is 4.04. The van der Waals surface area contributed by atoms with Gasteiger partial charge in [0.25, 0.3) is 0 Å². The zero-order chi connectivity index (χ0) is 14.2. The van der Waals surface area contributed by atoms with E-state index in [1.807, 2.05) is 6.07 Å². The molecule has 1 aliphatic rings. The molecule has 0 amide bonds. The van der Waals surface area contributed by atoms with E-state index in [2.05, 4.69) is 30.0 Å². The minimum absolute atomic E-state index is 0.342. The lowest BCUT2D eigenvalue weighted by atomic mass is 9.97. The highest BCUT2D eigenvalue weighted by Gasteiger charge is 2.18. The Bertz CT molecular complexity index is 386. The van der Waals surface area contributed by atoms with E-state index < -0.39 is 0 Å². The largest absolute Gasteiger partial charge is 0.494 e. The van der Waals surface area contributed by atoms with E-state index in [9.17, 15) is 5.11 Å². The third kappa shape index (κ3) is 4.80. The van der Waals surface area contributed by atoms with Crippen molar-refractivity contribution in [2.45, 2.75) is 39.2 Å². The summed E-state index contributed by atoms with van der Waals surface area (Å²) in [6.07, 6.45) is 4.50. The average Bonchev–Trinajstić information content (AvgIpc) is 2.49. The Labute approximate surface area is 122 Å². The van der Waals surface area contributed by atoms with Gasteiger partial charge in [0.2, 0.25) is 0 Å². The van der Waals surface area contributed by atoms with Crippen LogP contribution in [0.15, 0.2) is 24.3 Å². The maximum Gasteiger partial charge on any atom is 0.119 e. The Hall–Kier alpha value is -1.06. The number of likely N-dealkylation sites (tertiary alicyclic amines) is 1. The second kappa shape index (κ2) is 8.28. The van der Waals surface area contributed by atoms with Crippen molar-refractivity contribution in [3.8, 4) is 5.75 Å². The van der Waals surface area contributed by atoms with Gasteiger partial charge in [-0.15, -0.1) is 0 Å². The van der Waals surface area contributed by atoms with Crippen LogP contribution in [0.5, 0.6) is 5.75 Å². The van der Waals surface area contributed by atoms with Crippen LogP contribution in [0.3, 0.4) is 0 Å². The summed E-state index contributed by atoms with van der Waals surface area (Å²) in [6.45, 7) is 6.49. The molecule has 0 atom stereocenters. The number of rotatable bonds is 7. The number of hydrogen-bond acceptors (Lipinski definition) is 3. The van der Waals surface area contributed by atoms with Crippen molar-refractivity contribution in [1.82, 2.24) is 4.90 Å². The zero-order valence-electron chi connectivity index (χ0n) is 12.6. The van der Waals surface area contributed by atoms with Gasteiger partial charge in [-0.3, -0.25) is 4.90 Å². The highest BCUT2D eigenvalue weighted by Crippen LogP contribution is 2.20. The molecule has 0 aromatic heterocycles. The first-order valence-electron chi connectivity index (χ1n) is 7.86. The summed E-state index contributed by atoms with van der Waals surface area (Å²) in [5.41, 5.74) is 1.32. The predicted molar refractivity (Wildman–Crippen MR) is 81.9 cm³/mol. The van der Waals surface area contributed by atoms with Gasteiger partial charge in [0.1, 0.15) is 5.75 Å². The van der Waals surface area contributed by atoms with Crippen molar-refractivity contribution in [3.05, 3.63) is 29.8 Å². The number of benzene rings is 1. The Morgan fingerprint density at radius 2 is 2.10 bits per heavy atom. The van der Waals surface area contributed by atoms with Crippen molar-refractivity contribution >= 4 is 0 Å². The molecular formula is C17H27NO2. The summed E-state index contributed by atoms with van der Waals surface area (Å²) in [5, 5.41) is 9.17. The van der Waals surface area contributed by atoms with Crippen LogP contribution in [0.2, 0.25) is 0 Å². The Kier molecular flexibility index (Phi) is 6.34. The molecule has 3 heteroatoms. The quantitative estimate of drug-likeness (QED) is 0.778. The second-order valence-corrected chi connectivity index (χ2v) is 5.75. The lowest BCUT2D eigenvalue weighted by Crippen LogP contribution is -2.34. The molecule has 1 N–H and O–H groups in total. The third-order valence-electron chi connectivity index (χ3n) is 4.04. The molecule has 0 bridgehead atoms. The fourth-order valence-electron chi connectivity index (χ4n) is 2.65. The molecule has 1 aromatic rings. The lowest BCUT2D eigenvalue weighted by molar-refractivity contribution is 0.127. The van der Waals surface area contributed by atoms with Crippen LogP contribution < -0.4 is 4.74 Å². The van der Waals surface area contributed by atoms with Gasteiger partial charge in [-0.05, 0) is 56.0 Å². The van der Waals surface area contributed by atoms with Gasteiger partial charge in [-0.1, -0.05) is 25.5 Å². The molecule has 112 valence electrons. The fourth-order valence-corrected chi connectivity index (χ4v) is 2.65. The molecule has 3 nitrogen and oxygen atoms in total. The minimum atomic E-state index is 0.342. The monoisotopic (exact) mass is 277 g/mol. The summed E-state index contributed by atoms with van der Waals surface area (Å²) in [4.78, 5) is 2.47. The van der Waals surface area contributed by atoms with Gasteiger partial charge in [0.05, 0.1) is 6.61 Å². The fraction of sp³-hybridized carbons (Fsp3) is 0.647. The highest BCUT2D eigenvalue weighted by atomic mass is 16.5. The Morgan fingerprint density at radius 3 is 2.80 bits per heavy atom. The van der Waals surface area contributed by atoms with Crippen LogP contribution in [-0.2, 0) is 6.54 Å². The lowest BCUT2D eigenvalue weighted by Gasteiger charge is -2.31.